The molecule has 12 heteroatoms. The minimum absolute atomic E-state index is 0.191. The summed E-state index contributed by atoms with van der Waals surface area (Å²) in [5, 5.41) is 24.3. The van der Waals surface area contributed by atoms with Crippen molar-refractivity contribution in [1.82, 2.24) is 25.9 Å². The summed E-state index contributed by atoms with van der Waals surface area (Å²) in [6.07, 6.45) is 3.16. The first kappa shape index (κ1) is 21.1. The second kappa shape index (κ2) is 10.1. The molecular weight excluding hydrogens is 348 g/mol. The Morgan fingerprint density at radius 3 is 2.46 bits per heavy atom. The molecule has 0 aliphatic heterocycles. The van der Waals surface area contributed by atoms with Gasteiger partial charge in [-0.15, -0.1) is 0 Å². The molecule has 3 amide bonds. The van der Waals surface area contributed by atoms with Gasteiger partial charge in [0.2, 0.25) is 17.7 Å². The van der Waals surface area contributed by atoms with Crippen LogP contribution < -0.4 is 21.7 Å². The second-order valence-electron chi connectivity index (χ2n) is 5.47. The quantitative estimate of drug-likeness (QED) is 0.219. The van der Waals surface area contributed by atoms with Gasteiger partial charge < -0.3 is 36.9 Å². The molecule has 1 heterocycles. The molecule has 1 rings (SSSR count). The Bertz CT molecular complexity index is 634. The van der Waals surface area contributed by atoms with E-state index in [4.69, 9.17) is 15.9 Å². The summed E-state index contributed by atoms with van der Waals surface area (Å²) in [5.41, 5.74) is 6.40. The van der Waals surface area contributed by atoms with Crippen LogP contribution in [0, 0.1) is 0 Å². The zero-order chi connectivity index (χ0) is 19.7. The average molecular weight is 370 g/mol. The lowest BCUT2D eigenvalue weighted by Gasteiger charge is -2.20. The lowest BCUT2D eigenvalue weighted by molar-refractivity contribution is -0.138. The maximum absolute atomic E-state index is 12.0. The highest BCUT2D eigenvalue weighted by Crippen LogP contribution is 1.97. The average Bonchev–Trinajstić information content (AvgIpc) is 3.09. The molecule has 0 aliphatic rings. The molecule has 144 valence electrons. The molecule has 0 radical (unpaired) electrons. The first-order chi connectivity index (χ1) is 12.2. The van der Waals surface area contributed by atoms with E-state index in [9.17, 15) is 19.2 Å². The molecule has 0 saturated heterocycles. The van der Waals surface area contributed by atoms with Gasteiger partial charge >= 0.3 is 5.97 Å². The normalized spacial score (nSPS) is 14.0. The first-order valence-electron chi connectivity index (χ1n) is 7.68. The number of amides is 3. The smallest absolute Gasteiger partial charge is 0.322 e. The number of imidazole rings is 1. The van der Waals surface area contributed by atoms with Crippen molar-refractivity contribution in [3.8, 4) is 0 Å². The van der Waals surface area contributed by atoms with Gasteiger partial charge in [-0.1, -0.05) is 0 Å². The lowest BCUT2D eigenvalue weighted by Crippen LogP contribution is -2.56. The Morgan fingerprint density at radius 1 is 1.23 bits per heavy atom. The summed E-state index contributed by atoms with van der Waals surface area (Å²) in [5.74, 6) is -3.46. The number of aliphatic carboxylic acids is 1. The zero-order valence-corrected chi connectivity index (χ0v) is 14.1. The molecule has 1 aromatic rings. The van der Waals surface area contributed by atoms with Gasteiger partial charge in [-0.3, -0.25) is 19.2 Å². The largest absolute Gasteiger partial charge is 0.480 e. The van der Waals surface area contributed by atoms with Gasteiger partial charge in [-0.2, -0.15) is 0 Å². The number of carboxylic acids is 1. The van der Waals surface area contributed by atoms with Gasteiger partial charge in [0.25, 0.3) is 0 Å². The Balaban J connectivity index is 2.50. The van der Waals surface area contributed by atoms with Crippen LogP contribution >= 0.6 is 0 Å². The van der Waals surface area contributed by atoms with E-state index in [0.29, 0.717) is 5.69 Å². The highest BCUT2D eigenvalue weighted by molar-refractivity contribution is 5.93. The Labute approximate surface area is 148 Å². The number of H-pyrrole nitrogens is 1. The summed E-state index contributed by atoms with van der Waals surface area (Å²) in [6, 6.07) is -3.30. The third-order valence-corrected chi connectivity index (χ3v) is 3.31. The highest BCUT2D eigenvalue weighted by atomic mass is 16.4. The van der Waals surface area contributed by atoms with Crippen molar-refractivity contribution in [3.05, 3.63) is 18.2 Å². The zero-order valence-electron chi connectivity index (χ0n) is 14.1. The van der Waals surface area contributed by atoms with Crippen LogP contribution in [0.25, 0.3) is 0 Å². The maximum atomic E-state index is 12.0. The number of aliphatic hydroxyl groups excluding tert-OH is 1. The van der Waals surface area contributed by atoms with Gasteiger partial charge in [0.15, 0.2) is 0 Å². The predicted octanol–water partition coefficient (Wildman–Crippen LogP) is -3.54. The van der Waals surface area contributed by atoms with E-state index in [1.807, 2.05) is 5.32 Å². The number of nitrogens with one attached hydrogen (secondary N) is 4. The van der Waals surface area contributed by atoms with Crippen LogP contribution in [0.1, 0.15) is 12.6 Å². The number of nitrogens with zero attached hydrogens (tertiary/aromatic N) is 1. The molecule has 0 aromatic carbocycles. The molecule has 1 aromatic heterocycles. The molecule has 26 heavy (non-hydrogen) atoms. The SMILES string of the molecule is CC(NC(=O)C(N)Cc1cnc[nH]1)C(=O)NC(CO)C(=O)NCC(=O)O. The van der Waals surface area contributed by atoms with E-state index in [0.717, 1.165) is 0 Å². The van der Waals surface area contributed by atoms with Crippen molar-refractivity contribution in [2.45, 2.75) is 31.5 Å². The molecule has 0 fully saturated rings. The van der Waals surface area contributed by atoms with Crippen LogP contribution in [0.4, 0.5) is 0 Å². The van der Waals surface area contributed by atoms with Crippen LogP contribution in [0.5, 0.6) is 0 Å². The fourth-order valence-electron chi connectivity index (χ4n) is 1.89. The summed E-state index contributed by atoms with van der Waals surface area (Å²) < 4.78 is 0. The number of aliphatic hydroxyl groups is 1. The summed E-state index contributed by atoms with van der Waals surface area (Å²) >= 11 is 0. The predicted molar refractivity (Wildman–Crippen MR) is 87.5 cm³/mol. The summed E-state index contributed by atoms with van der Waals surface area (Å²) in [4.78, 5) is 52.7. The molecule has 0 aliphatic carbocycles. The van der Waals surface area contributed by atoms with Gasteiger partial charge in [0.05, 0.1) is 19.0 Å². The number of carbonyl (C=O) groups excluding carboxylic acids is 3. The van der Waals surface area contributed by atoms with Gasteiger partial charge in [-0.25, -0.2) is 4.98 Å². The third-order valence-electron chi connectivity index (χ3n) is 3.31. The number of carboxylic acid groups (broad SMARTS) is 1. The van der Waals surface area contributed by atoms with Gasteiger partial charge in [-0.05, 0) is 6.92 Å². The van der Waals surface area contributed by atoms with E-state index >= 15 is 0 Å². The summed E-state index contributed by atoms with van der Waals surface area (Å²) in [6.45, 7) is -0.0170. The Kier molecular flexibility index (Phi) is 8.18. The van der Waals surface area contributed by atoms with Gasteiger partial charge in [0.1, 0.15) is 18.6 Å². The molecule has 8 N–H and O–H groups in total. The molecule has 0 spiro atoms. The third kappa shape index (κ3) is 6.86. The number of aromatic amines is 1. The van der Waals surface area contributed by atoms with Crippen LogP contribution in [0.2, 0.25) is 0 Å². The maximum Gasteiger partial charge on any atom is 0.322 e. The number of nitrogens with two attached hydrogens (primary N) is 1. The number of hydrogen-bond acceptors (Lipinski definition) is 7. The van der Waals surface area contributed by atoms with Crippen LogP contribution in [-0.2, 0) is 25.6 Å². The fraction of sp³-hybridized carbons (Fsp3) is 0.500. The van der Waals surface area contributed by atoms with Gasteiger partial charge in [0, 0.05) is 18.3 Å². The molecule has 0 saturated carbocycles. The lowest BCUT2D eigenvalue weighted by atomic mass is 10.1. The Morgan fingerprint density at radius 2 is 1.92 bits per heavy atom. The van der Waals surface area contributed by atoms with Crippen LogP contribution in [-0.4, -0.2) is 75.1 Å². The minimum Gasteiger partial charge on any atom is -0.480 e. The van der Waals surface area contributed by atoms with E-state index in [-0.39, 0.29) is 6.42 Å². The van der Waals surface area contributed by atoms with Crippen molar-refractivity contribution >= 4 is 23.7 Å². The molecule has 3 atom stereocenters. The fourth-order valence-corrected chi connectivity index (χ4v) is 1.89. The van der Waals surface area contributed by atoms with E-state index in [2.05, 4.69) is 20.6 Å². The molecule has 12 nitrogen and oxygen atoms in total. The number of rotatable bonds is 10. The van der Waals surface area contributed by atoms with E-state index in [1.54, 1.807) is 0 Å². The number of aromatic nitrogens is 2. The monoisotopic (exact) mass is 370 g/mol. The first-order valence-corrected chi connectivity index (χ1v) is 7.68. The number of carbonyl (C=O) groups is 4. The van der Waals surface area contributed by atoms with Crippen LogP contribution in [0.15, 0.2) is 12.5 Å². The second-order valence-corrected chi connectivity index (χ2v) is 5.47. The standard InChI is InChI=1S/C14H22N6O6/c1-7(19-13(25)9(15)2-8-3-16-6-18-8)12(24)20-10(5-21)14(26)17-4-11(22)23/h3,6-7,9-10,21H,2,4-5,15H2,1H3,(H,16,18)(H,17,26)(H,19,25)(H,20,24)(H,22,23). The van der Waals surface area contributed by atoms with Crippen LogP contribution in [0.3, 0.4) is 0 Å². The molecule has 3 unspecified atom stereocenters. The van der Waals surface area contributed by atoms with Crippen molar-refractivity contribution < 1.29 is 29.4 Å². The van der Waals surface area contributed by atoms with E-state index < -0.39 is 55.0 Å². The number of hydrogen-bond donors (Lipinski definition) is 7. The van der Waals surface area contributed by atoms with E-state index in [1.165, 1.54) is 19.4 Å². The van der Waals surface area contributed by atoms with Crippen molar-refractivity contribution in [2.75, 3.05) is 13.2 Å². The van der Waals surface area contributed by atoms with Crippen molar-refractivity contribution in [3.63, 3.8) is 0 Å². The summed E-state index contributed by atoms with van der Waals surface area (Å²) in [7, 11) is 0. The van der Waals surface area contributed by atoms with Crippen molar-refractivity contribution in [2.24, 2.45) is 5.73 Å². The molecule has 0 bridgehead atoms. The van der Waals surface area contributed by atoms with Crippen molar-refractivity contribution in [1.29, 1.82) is 0 Å². The topological polar surface area (TPSA) is 200 Å². The molecular formula is C14H22N6O6. The minimum atomic E-state index is -1.35. The highest BCUT2D eigenvalue weighted by Gasteiger charge is 2.25. The Hall–Kier alpha value is -2.99.